The molecule has 1 amide bonds. The predicted molar refractivity (Wildman–Crippen MR) is 71.8 cm³/mol. The Bertz CT molecular complexity index is 586. The van der Waals surface area contributed by atoms with Gasteiger partial charge < -0.3 is 11.1 Å². The Morgan fingerprint density at radius 1 is 1.50 bits per heavy atom. The van der Waals surface area contributed by atoms with Crippen LogP contribution >= 0.6 is 11.6 Å². The number of carbonyl (C=O) groups excluding carboxylic acids is 1. The summed E-state index contributed by atoms with van der Waals surface area (Å²) >= 11 is 6.04. The molecule has 0 atom stereocenters. The molecular weight excluding hydrogens is 252 g/mol. The van der Waals surface area contributed by atoms with Crippen LogP contribution in [0.25, 0.3) is 0 Å². The number of nitrogens with two attached hydrogens (primary N) is 1. The average molecular weight is 265 g/mol. The second kappa shape index (κ2) is 4.70. The molecule has 0 aliphatic rings. The smallest absolute Gasteiger partial charge is 0.261 e. The van der Waals surface area contributed by atoms with E-state index < -0.39 is 0 Å². The molecule has 0 unspecified atom stereocenters. The monoisotopic (exact) mass is 264 g/mol. The van der Waals surface area contributed by atoms with Crippen LogP contribution in [0.3, 0.4) is 0 Å². The van der Waals surface area contributed by atoms with Gasteiger partial charge in [-0.15, -0.1) is 0 Å². The van der Waals surface area contributed by atoms with Gasteiger partial charge in [0.2, 0.25) is 0 Å². The maximum atomic E-state index is 12.0. The molecule has 6 heteroatoms. The zero-order valence-electron chi connectivity index (χ0n) is 10.1. The summed E-state index contributed by atoms with van der Waals surface area (Å²) in [4.78, 5) is 12.0. The molecule has 1 aromatic carbocycles. The van der Waals surface area contributed by atoms with Crippen LogP contribution in [0.15, 0.2) is 24.4 Å². The molecule has 3 N–H and O–H groups in total. The fraction of sp³-hybridized carbons (Fsp3) is 0.167. The summed E-state index contributed by atoms with van der Waals surface area (Å²) in [6.07, 6.45) is 1.43. The van der Waals surface area contributed by atoms with Gasteiger partial charge in [0.1, 0.15) is 11.4 Å². The lowest BCUT2D eigenvalue weighted by Gasteiger charge is -2.09. The Kier molecular flexibility index (Phi) is 3.25. The van der Waals surface area contributed by atoms with Crippen LogP contribution in [0.5, 0.6) is 0 Å². The number of carbonyl (C=O) groups is 1. The van der Waals surface area contributed by atoms with Gasteiger partial charge in [-0.3, -0.25) is 9.48 Å². The number of aromatic nitrogens is 2. The number of hydrogen-bond donors (Lipinski definition) is 2. The minimum Gasteiger partial charge on any atom is -0.383 e. The van der Waals surface area contributed by atoms with E-state index in [0.29, 0.717) is 22.1 Å². The largest absolute Gasteiger partial charge is 0.383 e. The average Bonchev–Trinajstić information content (AvgIpc) is 2.65. The van der Waals surface area contributed by atoms with Crippen molar-refractivity contribution in [1.82, 2.24) is 9.78 Å². The molecule has 0 saturated heterocycles. The van der Waals surface area contributed by atoms with E-state index in [0.717, 1.165) is 5.56 Å². The Morgan fingerprint density at radius 2 is 2.22 bits per heavy atom. The van der Waals surface area contributed by atoms with Gasteiger partial charge in [-0.1, -0.05) is 23.7 Å². The van der Waals surface area contributed by atoms with Crippen LogP contribution in [-0.4, -0.2) is 15.7 Å². The summed E-state index contributed by atoms with van der Waals surface area (Å²) in [5.41, 5.74) is 7.55. The maximum Gasteiger partial charge on any atom is 0.261 e. The van der Waals surface area contributed by atoms with E-state index >= 15 is 0 Å². The van der Waals surface area contributed by atoms with Gasteiger partial charge in [0.25, 0.3) is 5.91 Å². The van der Waals surface area contributed by atoms with E-state index in [1.807, 2.05) is 19.1 Å². The molecule has 2 aromatic rings. The summed E-state index contributed by atoms with van der Waals surface area (Å²) < 4.78 is 1.44. The van der Waals surface area contributed by atoms with Crippen molar-refractivity contribution in [3.05, 3.63) is 40.5 Å². The van der Waals surface area contributed by atoms with E-state index in [1.54, 1.807) is 13.1 Å². The fourth-order valence-corrected chi connectivity index (χ4v) is 1.86. The van der Waals surface area contributed by atoms with Crippen LogP contribution in [0.2, 0.25) is 5.02 Å². The maximum absolute atomic E-state index is 12.0. The molecule has 94 valence electrons. The number of nitrogens with zero attached hydrogens (tertiary/aromatic N) is 2. The van der Waals surface area contributed by atoms with Crippen molar-refractivity contribution >= 4 is 29.0 Å². The van der Waals surface area contributed by atoms with E-state index in [2.05, 4.69) is 10.4 Å². The summed E-state index contributed by atoms with van der Waals surface area (Å²) in [5, 5.41) is 7.16. The molecule has 1 aromatic heterocycles. The first-order chi connectivity index (χ1) is 8.50. The Balaban J connectivity index is 2.30. The topological polar surface area (TPSA) is 72.9 Å². The number of rotatable bonds is 2. The summed E-state index contributed by atoms with van der Waals surface area (Å²) in [6, 6.07) is 5.41. The standard InChI is InChI=1S/C12H13ClN4O/c1-7-4-3-5-9(13)10(7)16-12(18)8-6-15-17(2)11(8)14/h3-6H,14H2,1-2H3,(H,16,18). The summed E-state index contributed by atoms with van der Waals surface area (Å²) in [6.45, 7) is 1.87. The molecule has 0 radical (unpaired) electrons. The van der Waals surface area contributed by atoms with Crippen LogP contribution in [0.4, 0.5) is 11.5 Å². The van der Waals surface area contributed by atoms with Crippen LogP contribution in [0.1, 0.15) is 15.9 Å². The first-order valence-corrected chi connectivity index (χ1v) is 5.72. The van der Waals surface area contributed by atoms with Crippen molar-refractivity contribution in [3.8, 4) is 0 Å². The third-order valence-corrected chi connectivity index (χ3v) is 3.00. The number of para-hydroxylation sites is 1. The number of hydrogen-bond acceptors (Lipinski definition) is 3. The van der Waals surface area contributed by atoms with Gasteiger partial charge in [0.05, 0.1) is 16.9 Å². The normalized spacial score (nSPS) is 10.4. The third kappa shape index (κ3) is 2.17. The number of nitrogens with one attached hydrogen (secondary N) is 1. The molecule has 0 bridgehead atoms. The van der Waals surface area contributed by atoms with Crippen molar-refractivity contribution in [2.45, 2.75) is 6.92 Å². The lowest BCUT2D eigenvalue weighted by atomic mass is 10.2. The highest BCUT2D eigenvalue weighted by Gasteiger charge is 2.15. The number of nitrogen functional groups attached to an aromatic ring is 1. The van der Waals surface area contributed by atoms with Gasteiger partial charge in [-0.05, 0) is 18.6 Å². The first kappa shape index (κ1) is 12.4. The highest BCUT2D eigenvalue weighted by Crippen LogP contribution is 2.26. The van der Waals surface area contributed by atoms with E-state index in [1.165, 1.54) is 10.9 Å². The molecule has 0 fully saturated rings. The number of anilines is 2. The Morgan fingerprint density at radius 3 is 2.78 bits per heavy atom. The lowest BCUT2D eigenvalue weighted by molar-refractivity contribution is 0.102. The summed E-state index contributed by atoms with van der Waals surface area (Å²) in [5.74, 6) is -0.00555. The van der Waals surface area contributed by atoms with Crippen molar-refractivity contribution < 1.29 is 4.79 Å². The minimum absolute atomic E-state index is 0.317. The molecule has 0 aliphatic carbocycles. The van der Waals surface area contributed by atoms with Crippen LogP contribution in [-0.2, 0) is 7.05 Å². The van der Waals surface area contributed by atoms with Gasteiger partial charge in [0.15, 0.2) is 0 Å². The zero-order chi connectivity index (χ0) is 13.3. The third-order valence-electron chi connectivity index (χ3n) is 2.69. The highest BCUT2D eigenvalue weighted by atomic mass is 35.5. The Hall–Kier alpha value is -2.01. The lowest BCUT2D eigenvalue weighted by Crippen LogP contribution is -2.14. The molecule has 18 heavy (non-hydrogen) atoms. The van der Waals surface area contributed by atoms with Crippen LogP contribution in [0, 0.1) is 6.92 Å². The first-order valence-electron chi connectivity index (χ1n) is 5.34. The second-order valence-corrected chi connectivity index (χ2v) is 4.36. The van der Waals surface area contributed by atoms with E-state index in [-0.39, 0.29) is 5.91 Å². The van der Waals surface area contributed by atoms with Crippen molar-refractivity contribution in [3.63, 3.8) is 0 Å². The number of aryl methyl sites for hydroxylation is 2. The van der Waals surface area contributed by atoms with Gasteiger partial charge in [-0.25, -0.2) is 0 Å². The number of halogens is 1. The number of amides is 1. The molecule has 2 rings (SSSR count). The minimum atomic E-state index is -0.322. The highest BCUT2D eigenvalue weighted by molar-refractivity contribution is 6.34. The van der Waals surface area contributed by atoms with Crippen molar-refractivity contribution in [2.24, 2.45) is 7.05 Å². The number of benzene rings is 1. The SMILES string of the molecule is Cc1cccc(Cl)c1NC(=O)c1cnn(C)c1N. The quantitative estimate of drug-likeness (QED) is 0.873. The van der Waals surface area contributed by atoms with E-state index in [4.69, 9.17) is 17.3 Å². The van der Waals surface area contributed by atoms with Crippen LogP contribution < -0.4 is 11.1 Å². The van der Waals surface area contributed by atoms with Crippen molar-refractivity contribution in [1.29, 1.82) is 0 Å². The van der Waals surface area contributed by atoms with Gasteiger partial charge >= 0.3 is 0 Å². The predicted octanol–water partition coefficient (Wildman–Crippen LogP) is 2.22. The second-order valence-electron chi connectivity index (χ2n) is 3.95. The molecule has 5 nitrogen and oxygen atoms in total. The molecule has 0 saturated carbocycles. The zero-order valence-corrected chi connectivity index (χ0v) is 10.8. The van der Waals surface area contributed by atoms with E-state index in [9.17, 15) is 4.79 Å². The molecular formula is C12H13ClN4O. The summed E-state index contributed by atoms with van der Waals surface area (Å²) in [7, 11) is 1.67. The molecule has 0 spiro atoms. The van der Waals surface area contributed by atoms with Gasteiger partial charge in [0, 0.05) is 7.05 Å². The van der Waals surface area contributed by atoms with Crippen molar-refractivity contribution in [2.75, 3.05) is 11.1 Å². The Labute approximate surface area is 110 Å². The van der Waals surface area contributed by atoms with Gasteiger partial charge in [-0.2, -0.15) is 5.10 Å². The molecule has 1 heterocycles. The fourth-order valence-electron chi connectivity index (χ4n) is 1.59. The molecule has 0 aliphatic heterocycles.